The van der Waals surface area contributed by atoms with Gasteiger partial charge in [-0.2, -0.15) is 0 Å². The fraction of sp³-hybridized carbons (Fsp3) is 0.538. The molecule has 1 aliphatic rings. The molecule has 0 fully saturated rings. The molecular formula is C13H19NO2. The number of fused-ring (bicyclic) bond motifs is 1. The zero-order valence-corrected chi connectivity index (χ0v) is 9.90. The van der Waals surface area contributed by atoms with Crippen molar-refractivity contribution in [3.63, 3.8) is 0 Å². The van der Waals surface area contributed by atoms with Crippen molar-refractivity contribution in [1.29, 1.82) is 0 Å². The summed E-state index contributed by atoms with van der Waals surface area (Å²) in [6, 6.07) is 7.78. The molecule has 1 heterocycles. The number of benzene rings is 1. The van der Waals surface area contributed by atoms with E-state index in [4.69, 9.17) is 15.2 Å². The Morgan fingerprint density at radius 2 is 2.00 bits per heavy atom. The van der Waals surface area contributed by atoms with Crippen molar-refractivity contribution in [1.82, 2.24) is 0 Å². The van der Waals surface area contributed by atoms with Gasteiger partial charge in [-0.3, -0.25) is 0 Å². The van der Waals surface area contributed by atoms with E-state index in [0.717, 1.165) is 17.9 Å². The van der Waals surface area contributed by atoms with Crippen molar-refractivity contribution in [3.05, 3.63) is 24.3 Å². The van der Waals surface area contributed by atoms with Crippen LogP contribution in [0, 0.1) is 5.41 Å². The van der Waals surface area contributed by atoms with Crippen LogP contribution in [-0.4, -0.2) is 19.3 Å². The molecule has 16 heavy (non-hydrogen) atoms. The second-order valence-electron chi connectivity index (χ2n) is 5.07. The van der Waals surface area contributed by atoms with Crippen LogP contribution in [-0.2, 0) is 0 Å². The fourth-order valence-corrected chi connectivity index (χ4v) is 1.86. The highest BCUT2D eigenvalue weighted by Gasteiger charge is 2.27. The lowest BCUT2D eigenvalue weighted by Gasteiger charge is -2.32. The molecule has 0 saturated heterocycles. The molecule has 0 spiro atoms. The Balaban J connectivity index is 2.03. The van der Waals surface area contributed by atoms with E-state index in [1.807, 2.05) is 24.3 Å². The molecule has 0 amide bonds. The number of hydrogen-bond acceptors (Lipinski definition) is 3. The second-order valence-corrected chi connectivity index (χ2v) is 5.07. The van der Waals surface area contributed by atoms with Gasteiger partial charge in [0.25, 0.3) is 0 Å². The molecule has 0 saturated carbocycles. The molecule has 1 atom stereocenters. The van der Waals surface area contributed by atoms with Crippen LogP contribution in [0.1, 0.15) is 20.3 Å². The van der Waals surface area contributed by atoms with Crippen LogP contribution in [0.3, 0.4) is 0 Å². The topological polar surface area (TPSA) is 44.5 Å². The third-order valence-electron chi connectivity index (χ3n) is 2.90. The number of nitrogens with two attached hydrogens (primary N) is 1. The van der Waals surface area contributed by atoms with Gasteiger partial charge in [-0.05, 0) is 30.5 Å². The summed E-state index contributed by atoms with van der Waals surface area (Å²) >= 11 is 0. The van der Waals surface area contributed by atoms with E-state index < -0.39 is 0 Å². The summed E-state index contributed by atoms with van der Waals surface area (Å²) in [7, 11) is 0. The Bertz CT molecular complexity index is 363. The lowest BCUT2D eigenvalue weighted by Crippen LogP contribution is -2.36. The Labute approximate surface area is 96.5 Å². The SMILES string of the molecule is CC(C)(CN)CC1COc2ccccc2O1. The van der Waals surface area contributed by atoms with Gasteiger partial charge in [0.1, 0.15) is 12.7 Å². The molecule has 88 valence electrons. The van der Waals surface area contributed by atoms with Gasteiger partial charge >= 0.3 is 0 Å². The molecule has 0 radical (unpaired) electrons. The molecule has 2 N–H and O–H groups in total. The van der Waals surface area contributed by atoms with Gasteiger partial charge in [-0.1, -0.05) is 26.0 Å². The summed E-state index contributed by atoms with van der Waals surface area (Å²) in [5.74, 6) is 1.68. The van der Waals surface area contributed by atoms with Gasteiger partial charge in [-0.25, -0.2) is 0 Å². The van der Waals surface area contributed by atoms with Crippen LogP contribution in [0.2, 0.25) is 0 Å². The minimum atomic E-state index is 0.0975. The van der Waals surface area contributed by atoms with Crippen molar-refractivity contribution >= 4 is 0 Å². The average molecular weight is 221 g/mol. The van der Waals surface area contributed by atoms with E-state index in [-0.39, 0.29) is 11.5 Å². The molecule has 1 aliphatic heterocycles. The van der Waals surface area contributed by atoms with Crippen LogP contribution in [0.15, 0.2) is 24.3 Å². The van der Waals surface area contributed by atoms with Crippen LogP contribution < -0.4 is 15.2 Å². The first-order valence-electron chi connectivity index (χ1n) is 5.69. The lowest BCUT2D eigenvalue weighted by molar-refractivity contribution is 0.0583. The summed E-state index contributed by atoms with van der Waals surface area (Å²) in [6.07, 6.45) is 1.02. The first kappa shape index (κ1) is 11.3. The van der Waals surface area contributed by atoms with E-state index in [1.54, 1.807) is 0 Å². The van der Waals surface area contributed by atoms with Crippen molar-refractivity contribution in [2.24, 2.45) is 11.1 Å². The molecular weight excluding hydrogens is 202 g/mol. The minimum absolute atomic E-state index is 0.0975. The predicted molar refractivity (Wildman–Crippen MR) is 63.8 cm³/mol. The molecule has 0 aliphatic carbocycles. The summed E-state index contributed by atoms with van der Waals surface area (Å²) in [5, 5.41) is 0. The standard InChI is InChI=1S/C13H19NO2/c1-13(2,9-14)7-10-8-15-11-5-3-4-6-12(11)16-10/h3-6,10H,7-9,14H2,1-2H3. The first-order chi connectivity index (χ1) is 7.61. The number of para-hydroxylation sites is 2. The van der Waals surface area contributed by atoms with Crippen LogP contribution in [0.25, 0.3) is 0 Å². The Kier molecular flexibility index (Phi) is 3.06. The maximum Gasteiger partial charge on any atom is 0.161 e. The van der Waals surface area contributed by atoms with Crippen LogP contribution >= 0.6 is 0 Å². The fourth-order valence-electron chi connectivity index (χ4n) is 1.86. The average Bonchev–Trinajstić information content (AvgIpc) is 2.28. The van der Waals surface area contributed by atoms with Gasteiger partial charge in [-0.15, -0.1) is 0 Å². The molecule has 3 heteroatoms. The quantitative estimate of drug-likeness (QED) is 0.851. The van der Waals surface area contributed by atoms with E-state index in [2.05, 4.69) is 13.8 Å². The molecule has 0 aromatic heterocycles. The molecule has 1 unspecified atom stereocenters. The third kappa shape index (κ3) is 2.47. The summed E-state index contributed by atoms with van der Waals surface area (Å²) in [4.78, 5) is 0. The maximum atomic E-state index is 5.89. The van der Waals surface area contributed by atoms with E-state index in [1.165, 1.54) is 0 Å². The molecule has 2 rings (SSSR count). The predicted octanol–water partition coefficient (Wildman–Crippen LogP) is 2.20. The number of rotatable bonds is 3. The van der Waals surface area contributed by atoms with Crippen LogP contribution in [0.5, 0.6) is 11.5 Å². The van der Waals surface area contributed by atoms with E-state index >= 15 is 0 Å². The molecule has 1 aromatic rings. The first-order valence-corrected chi connectivity index (χ1v) is 5.69. The molecule has 3 nitrogen and oxygen atoms in total. The van der Waals surface area contributed by atoms with Gasteiger partial charge < -0.3 is 15.2 Å². The largest absolute Gasteiger partial charge is 0.486 e. The highest BCUT2D eigenvalue weighted by atomic mass is 16.6. The normalized spacial score (nSPS) is 19.6. The zero-order chi connectivity index (χ0) is 11.6. The highest BCUT2D eigenvalue weighted by Crippen LogP contribution is 2.33. The summed E-state index contributed by atoms with van der Waals surface area (Å²) in [6.45, 7) is 5.57. The second kappa shape index (κ2) is 4.34. The monoisotopic (exact) mass is 221 g/mol. The maximum absolute atomic E-state index is 5.89. The summed E-state index contributed by atoms with van der Waals surface area (Å²) < 4.78 is 11.5. The Hall–Kier alpha value is -1.22. The molecule has 1 aromatic carbocycles. The smallest absolute Gasteiger partial charge is 0.161 e. The van der Waals surface area contributed by atoms with Gasteiger partial charge in [0.2, 0.25) is 0 Å². The lowest BCUT2D eigenvalue weighted by atomic mass is 9.87. The zero-order valence-electron chi connectivity index (χ0n) is 9.90. The van der Waals surface area contributed by atoms with E-state index in [9.17, 15) is 0 Å². The van der Waals surface area contributed by atoms with Gasteiger partial charge in [0.15, 0.2) is 11.5 Å². The van der Waals surface area contributed by atoms with Crippen molar-refractivity contribution < 1.29 is 9.47 Å². The Morgan fingerprint density at radius 3 is 2.69 bits per heavy atom. The van der Waals surface area contributed by atoms with E-state index in [0.29, 0.717) is 13.2 Å². The number of ether oxygens (including phenoxy) is 2. The number of hydrogen-bond donors (Lipinski definition) is 1. The third-order valence-corrected chi connectivity index (χ3v) is 2.90. The van der Waals surface area contributed by atoms with Crippen molar-refractivity contribution in [3.8, 4) is 11.5 Å². The Morgan fingerprint density at radius 1 is 1.31 bits per heavy atom. The minimum Gasteiger partial charge on any atom is -0.486 e. The van der Waals surface area contributed by atoms with Crippen LogP contribution in [0.4, 0.5) is 0 Å². The van der Waals surface area contributed by atoms with Gasteiger partial charge in [0.05, 0.1) is 0 Å². The summed E-state index contributed by atoms with van der Waals surface area (Å²) in [5.41, 5.74) is 5.82. The van der Waals surface area contributed by atoms with Crippen molar-refractivity contribution in [2.45, 2.75) is 26.4 Å². The van der Waals surface area contributed by atoms with Crippen molar-refractivity contribution in [2.75, 3.05) is 13.2 Å². The highest BCUT2D eigenvalue weighted by molar-refractivity contribution is 5.40. The van der Waals surface area contributed by atoms with Gasteiger partial charge in [0, 0.05) is 0 Å². The molecule has 0 bridgehead atoms.